The summed E-state index contributed by atoms with van der Waals surface area (Å²) in [6, 6.07) is 15.3. The molecule has 94 valence electrons. The second-order valence-corrected chi connectivity index (χ2v) is 5.61. The molecule has 18 heavy (non-hydrogen) atoms. The summed E-state index contributed by atoms with van der Waals surface area (Å²) in [6.45, 7) is 4.34. The molecule has 2 aromatic rings. The molecule has 0 spiro atoms. The SMILES string of the molecule is CC(C)C(c1cccc(F)c1)c1cccc(P)c1. The van der Waals surface area contributed by atoms with E-state index >= 15 is 0 Å². The Morgan fingerprint density at radius 1 is 0.944 bits per heavy atom. The zero-order chi connectivity index (χ0) is 13.1. The molecule has 0 N–H and O–H groups in total. The Morgan fingerprint density at radius 3 is 2.11 bits per heavy atom. The summed E-state index contributed by atoms with van der Waals surface area (Å²) >= 11 is 0. The van der Waals surface area contributed by atoms with Crippen LogP contribution in [0.3, 0.4) is 0 Å². The molecule has 0 aromatic heterocycles. The van der Waals surface area contributed by atoms with E-state index in [0.29, 0.717) is 5.92 Å². The van der Waals surface area contributed by atoms with Gasteiger partial charge in [0, 0.05) is 5.92 Å². The van der Waals surface area contributed by atoms with E-state index in [4.69, 9.17) is 0 Å². The van der Waals surface area contributed by atoms with Crippen molar-refractivity contribution in [3.63, 3.8) is 0 Å². The zero-order valence-electron chi connectivity index (χ0n) is 10.7. The standard InChI is InChI=1S/C16H18FP/c1-11(2)16(12-5-3-7-14(17)9-12)13-6-4-8-15(18)10-13/h3-11,16H,18H2,1-2H3. The van der Waals surface area contributed by atoms with Gasteiger partial charge in [0.15, 0.2) is 0 Å². The highest BCUT2D eigenvalue weighted by atomic mass is 31.0. The molecule has 0 nitrogen and oxygen atoms in total. The third-order valence-corrected chi connectivity index (χ3v) is 3.50. The van der Waals surface area contributed by atoms with Crippen LogP contribution in [-0.2, 0) is 0 Å². The highest BCUT2D eigenvalue weighted by molar-refractivity contribution is 7.27. The fourth-order valence-electron chi connectivity index (χ4n) is 2.41. The molecule has 0 fully saturated rings. The van der Waals surface area contributed by atoms with Crippen LogP contribution in [0.2, 0.25) is 0 Å². The topological polar surface area (TPSA) is 0 Å². The first-order chi connectivity index (χ1) is 8.58. The number of halogens is 1. The van der Waals surface area contributed by atoms with Gasteiger partial charge in [0.1, 0.15) is 5.82 Å². The van der Waals surface area contributed by atoms with Crippen LogP contribution < -0.4 is 5.30 Å². The molecule has 2 unspecified atom stereocenters. The smallest absolute Gasteiger partial charge is 0.123 e. The van der Waals surface area contributed by atoms with E-state index in [1.165, 1.54) is 11.6 Å². The van der Waals surface area contributed by atoms with Gasteiger partial charge in [-0.2, -0.15) is 0 Å². The Hall–Kier alpha value is -1.20. The van der Waals surface area contributed by atoms with Crippen molar-refractivity contribution in [1.29, 1.82) is 0 Å². The van der Waals surface area contributed by atoms with Crippen molar-refractivity contribution in [3.8, 4) is 0 Å². The Bertz CT molecular complexity index is 489. The van der Waals surface area contributed by atoms with Gasteiger partial charge in [0.05, 0.1) is 0 Å². The van der Waals surface area contributed by atoms with Crippen LogP contribution in [0.25, 0.3) is 0 Å². The Morgan fingerprint density at radius 2 is 1.56 bits per heavy atom. The Labute approximate surface area is 110 Å². The van der Waals surface area contributed by atoms with Crippen LogP contribution in [-0.4, -0.2) is 0 Å². The van der Waals surface area contributed by atoms with Crippen LogP contribution in [0.5, 0.6) is 0 Å². The van der Waals surface area contributed by atoms with Crippen molar-refractivity contribution in [3.05, 3.63) is 65.5 Å². The average Bonchev–Trinajstić information content (AvgIpc) is 2.28. The van der Waals surface area contributed by atoms with Gasteiger partial charge >= 0.3 is 0 Å². The van der Waals surface area contributed by atoms with Crippen molar-refractivity contribution in [2.75, 3.05) is 0 Å². The summed E-state index contributed by atoms with van der Waals surface area (Å²) in [5, 5.41) is 1.16. The van der Waals surface area contributed by atoms with E-state index in [-0.39, 0.29) is 11.7 Å². The van der Waals surface area contributed by atoms with Gasteiger partial charge in [-0.3, -0.25) is 0 Å². The average molecular weight is 260 g/mol. The monoisotopic (exact) mass is 260 g/mol. The molecule has 0 aliphatic rings. The van der Waals surface area contributed by atoms with Gasteiger partial charge in [0.25, 0.3) is 0 Å². The lowest BCUT2D eigenvalue weighted by Crippen LogP contribution is -2.10. The van der Waals surface area contributed by atoms with Crippen molar-refractivity contribution < 1.29 is 4.39 Å². The van der Waals surface area contributed by atoms with E-state index in [0.717, 1.165) is 10.9 Å². The molecule has 0 saturated carbocycles. The lowest BCUT2D eigenvalue weighted by atomic mass is 9.83. The number of rotatable bonds is 3. The van der Waals surface area contributed by atoms with Crippen molar-refractivity contribution in [2.24, 2.45) is 5.92 Å². The van der Waals surface area contributed by atoms with Gasteiger partial charge in [-0.15, -0.1) is 9.24 Å². The Kier molecular flexibility index (Phi) is 4.14. The van der Waals surface area contributed by atoms with Gasteiger partial charge < -0.3 is 0 Å². The summed E-state index contributed by atoms with van der Waals surface area (Å²) in [5.74, 6) is 0.500. The summed E-state index contributed by atoms with van der Waals surface area (Å²) in [5.41, 5.74) is 2.28. The molecule has 2 atom stereocenters. The third kappa shape index (κ3) is 2.97. The third-order valence-electron chi connectivity index (χ3n) is 3.14. The maximum Gasteiger partial charge on any atom is 0.123 e. The van der Waals surface area contributed by atoms with Crippen LogP contribution in [0, 0.1) is 11.7 Å². The molecule has 0 aliphatic heterocycles. The highest BCUT2D eigenvalue weighted by Gasteiger charge is 2.18. The zero-order valence-corrected chi connectivity index (χ0v) is 11.9. The van der Waals surface area contributed by atoms with E-state index in [1.807, 2.05) is 12.1 Å². The van der Waals surface area contributed by atoms with Gasteiger partial charge in [-0.25, -0.2) is 4.39 Å². The summed E-state index contributed by atoms with van der Waals surface area (Å²) in [7, 11) is 2.71. The van der Waals surface area contributed by atoms with Crippen molar-refractivity contribution >= 4 is 14.5 Å². The van der Waals surface area contributed by atoms with Gasteiger partial charge in [-0.1, -0.05) is 50.2 Å². The largest absolute Gasteiger partial charge is 0.207 e. The lowest BCUT2D eigenvalue weighted by Gasteiger charge is -2.22. The molecule has 0 saturated heterocycles. The first-order valence-electron chi connectivity index (χ1n) is 6.19. The first kappa shape index (κ1) is 13.2. The second kappa shape index (κ2) is 5.63. The quantitative estimate of drug-likeness (QED) is 0.728. The van der Waals surface area contributed by atoms with Crippen LogP contribution in [0.15, 0.2) is 48.5 Å². The van der Waals surface area contributed by atoms with Gasteiger partial charge in [-0.05, 0) is 34.5 Å². The predicted molar refractivity (Wildman–Crippen MR) is 78.9 cm³/mol. The number of hydrogen-bond acceptors (Lipinski definition) is 0. The fourth-order valence-corrected chi connectivity index (χ4v) is 2.72. The molecular formula is C16H18FP. The van der Waals surface area contributed by atoms with E-state index in [9.17, 15) is 4.39 Å². The minimum Gasteiger partial charge on any atom is -0.207 e. The maximum absolute atomic E-state index is 13.4. The van der Waals surface area contributed by atoms with E-state index in [2.05, 4.69) is 41.3 Å². The first-order valence-corrected chi connectivity index (χ1v) is 6.76. The molecule has 0 heterocycles. The molecule has 0 aliphatic carbocycles. The minimum absolute atomic E-state index is 0.167. The van der Waals surface area contributed by atoms with E-state index < -0.39 is 0 Å². The van der Waals surface area contributed by atoms with Crippen LogP contribution in [0.1, 0.15) is 30.9 Å². The van der Waals surface area contributed by atoms with Crippen LogP contribution in [0.4, 0.5) is 4.39 Å². The summed E-state index contributed by atoms with van der Waals surface area (Å²) < 4.78 is 13.4. The normalized spacial score (nSPS) is 12.7. The molecular weight excluding hydrogens is 242 g/mol. The molecule has 0 radical (unpaired) electrons. The van der Waals surface area contributed by atoms with Crippen molar-refractivity contribution in [2.45, 2.75) is 19.8 Å². The van der Waals surface area contributed by atoms with Crippen molar-refractivity contribution in [1.82, 2.24) is 0 Å². The highest BCUT2D eigenvalue weighted by Crippen LogP contribution is 2.31. The minimum atomic E-state index is -0.167. The summed E-state index contributed by atoms with van der Waals surface area (Å²) in [6.07, 6.45) is 0. The fraction of sp³-hybridized carbons (Fsp3) is 0.250. The van der Waals surface area contributed by atoms with Gasteiger partial charge in [0.2, 0.25) is 0 Å². The predicted octanol–water partition coefficient (Wildman–Crippen LogP) is 4.11. The number of benzene rings is 2. The maximum atomic E-state index is 13.4. The van der Waals surface area contributed by atoms with E-state index in [1.54, 1.807) is 12.1 Å². The molecule has 0 bridgehead atoms. The molecule has 2 heteroatoms. The molecule has 2 rings (SSSR count). The molecule has 2 aromatic carbocycles. The summed E-state index contributed by atoms with van der Waals surface area (Å²) in [4.78, 5) is 0. The second-order valence-electron chi connectivity index (χ2n) is 4.95. The lowest BCUT2D eigenvalue weighted by molar-refractivity contribution is 0.557. The Balaban J connectivity index is 2.46. The number of hydrogen-bond donors (Lipinski definition) is 0. The molecule has 0 amide bonds. The van der Waals surface area contributed by atoms with Crippen LogP contribution >= 0.6 is 9.24 Å².